The van der Waals surface area contributed by atoms with Crippen LogP contribution in [0.5, 0.6) is 0 Å². The van der Waals surface area contributed by atoms with Crippen molar-refractivity contribution in [3.8, 4) is 0 Å². The first kappa shape index (κ1) is 21.1. The summed E-state index contributed by atoms with van der Waals surface area (Å²) in [5.41, 5.74) is 2.34. The lowest BCUT2D eigenvalue weighted by Crippen LogP contribution is -2.47. The molecule has 0 bridgehead atoms. The molecule has 1 N–H and O–H groups in total. The molecule has 0 spiro atoms. The Kier molecular flexibility index (Phi) is 8.83. The molecular formula is C18H24FN3O4. The molecule has 8 heteroatoms. The molecule has 1 rings (SSSR count). The van der Waals surface area contributed by atoms with Gasteiger partial charge in [0.2, 0.25) is 0 Å². The first-order valence-electron chi connectivity index (χ1n) is 8.16. The van der Waals surface area contributed by atoms with Gasteiger partial charge in [0.05, 0.1) is 18.8 Å². The summed E-state index contributed by atoms with van der Waals surface area (Å²) in [5.74, 6) is -0.602. The number of hydrogen-bond donors (Lipinski definition) is 1. The van der Waals surface area contributed by atoms with Crippen molar-refractivity contribution in [3.05, 3.63) is 54.1 Å². The lowest BCUT2D eigenvalue weighted by atomic mass is 10.3. The third-order valence-corrected chi connectivity index (χ3v) is 2.74. The van der Waals surface area contributed by atoms with Gasteiger partial charge in [-0.3, -0.25) is 4.98 Å². The Labute approximate surface area is 152 Å². The van der Waals surface area contributed by atoms with E-state index in [1.807, 2.05) is 0 Å². The summed E-state index contributed by atoms with van der Waals surface area (Å²) in [6.45, 7) is 6.35. The smallest absolute Gasteiger partial charge is 0.429 e. The molecule has 0 aliphatic carbocycles. The van der Waals surface area contributed by atoms with Crippen LogP contribution in [0, 0.1) is 5.82 Å². The molecule has 0 saturated heterocycles. The summed E-state index contributed by atoms with van der Waals surface area (Å²) < 4.78 is 24.4. The Hall–Kier alpha value is -2.90. The van der Waals surface area contributed by atoms with Gasteiger partial charge in [0.1, 0.15) is 5.82 Å². The zero-order chi connectivity index (χ0) is 19.5. The summed E-state index contributed by atoms with van der Waals surface area (Å²) >= 11 is 0. The molecule has 1 heterocycles. The van der Waals surface area contributed by atoms with Crippen molar-refractivity contribution >= 4 is 12.2 Å². The van der Waals surface area contributed by atoms with Crippen LogP contribution >= 0.6 is 0 Å². The molecule has 0 atom stereocenters. The Bertz CT molecular complexity index is 666. The molecule has 1 aromatic heterocycles. The van der Waals surface area contributed by atoms with Gasteiger partial charge in [0.25, 0.3) is 0 Å². The molecule has 7 nitrogen and oxygen atoms in total. The molecule has 0 unspecified atom stereocenters. The van der Waals surface area contributed by atoms with Crippen molar-refractivity contribution in [1.29, 1.82) is 0 Å². The SMILES string of the molecule is CC(C)OC(=O)NN(Cc1cnccccccc1F)C(=O)OC(C)C. The van der Waals surface area contributed by atoms with Gasteiger partial charge in [-0.25, -0.2) is 24.4 Å². The van der Waals surface area contributed by atoms with Gasteiger partial charge in [0.15, 0.2) is 0 Å². The third kappa shape index (κ3) is 8.27. The molecule has 1 aromatic rings. The minimum Gasteiger partial charge on any atom is -0.446 e. The van der Waals surface area contributed by atoms with Crippen molar-refractivity contribution < 1.29 is 23.5 Å². The van der Waals surface area contributed by atoms with E-state index in [9.17, 15) is 14.0 Å². The van der Waals surface area contributed by atoms with Gasteiger partial charge in [0, 0.05) is 18.0 Å². The van der Waals surface area contributed by atoms with Crippen molar-refractivity contribution in [2.24, 2.45) is 0 Å². The number of carbonyl (C=O) groups is 2. The number of ether oxygens (including phenoxy) is 2. The topological polar surface area (TPSA) is 80.8 Å². The molecular weight excluding hydrogens is 341 g/mol. The second kappa shape index (κ2) is 10.9. The maximum absolute atomic E-state index is 14.4. The Balaban J connectivity index is 3.11. The van der Waals surface area contributed by atoms with Crippen molar-refractivity contribution in [2.75, 3.05) is 0 Å². The summed E-state index contributed by atoms with van der Waals surface area (Å²) in [5, 5.41) is 0.838. The highest BCUT2D eigenvalue weighted by atomic mass is 19.1. The summed E-state index contributed by atoms with van der Waals surface area (Å²) in [7, 11) is 0. The van der Waals surface area contributed by atoms with E-state index >= 15 is 0 Å². The molecule has 0 aromatic carbocycles. The van der Waals surface area contributed by atoms with Crippen LogP contribution in [0.1, 0.15) is 33.3 Å². The Morgan fingerprint density at radius 1 is 1.12 bits per heavy atom. The molecule has 0 aliphatic rings. The van der Waals surface area contributed by atoms with E-state index in [0.717, 1.165) is 5.01 Å². The molecule has 26 heavy (non-hydrogen) atoms. The zero-order valence-corrected chi connectivity index (χ0v) is 15.3. The number of nitrogens with one attached hydrogen (secondary N) is 1. The first-order chi connectivity index (χ1) is 12.3. The van der Waals surface area contributed by atoms with Crippen LogP contribution in [0.2, 0.25) is 0 Å². The van der Waals surface area contributed by atoms with E-state index < -0.39 is 24.1 Å². The molecule has 0 radical (unpaired) electrons. The second-order valence-electron chi connectivity index (χ2n) is 5.82. The number of amides is 2. The predicted octanol–water partition coefficient (Wildman–Crippen LogP) is 3.74. The van der Waals surface area contributed by atoms with Gasteiger partial charge in [-0.05, 0) is 39.8 Å². The van der Waals surface area contributed by atoms with Crippen LogP contribution in [-0.4, -0.2) is 34.4 Å². The molecule has 0 saturated carbocycles. The highest BCUT2D eigenvalue weighted by Gasteiger charge is 2.21. The van der Waals surface area contributed by atoms with Gasteiger partial charge in [-0.1, -0.05) is 18.2 Å². The van der Waals surface area contributed by atoms with Gasteiger partial charge >= 0.3 is 12.2 Å². The summed E-state index contributed by atoms with van der Waals surface area (Å²) in [6.07, 6.45) is 0.241. The van der Waals surface area contributed by atoms with E-state index in [0.29, 0.717) is 0 Å². The first-order valence-corrected chi connectivity index (χ1v) is 8.16. The van der Waals surface area contributed by atoms with Crippen molar-refractivity contribution in [3.63, 3.8) is 0 Å². The lowest BCUT2D eigenvalue weighted by molar-refractivity contribution is 0.0441. The van der Waals surface area contributed by atoms with Crippen LogP contribution < -0.4 is 5.43 Å². The predicted molar refractivity (Wildman–Crippen MR) is 93.7 cm³/mol. The molecule has 0 fully saturated rings. The second-order valence-corrected chi connectivity index (χ2v) is 5.82. The standard InChI is InChI=1S/C18H24FN3O4/c1-13(2)25-17(23)21-22(18(24)26-14(3)4)12-15-11-20-10-8-6-5-7-9-16(15)19/h5-11,13-14H,12H2,1-4H3,(H,21,23). The van der Waals surface area contributed by atoms with Gasteiger partial charge in [-0.15, -0.1) is 0 Å². The maximum atomic E-state index is 14.4. The van der Waals surface area contributed by atoms with Gasteiger partial charge in [-0.2, -0.15) is 0 Å². The number of halogens is 1. The fourth-order valence-corrected chi connectivity index (χ4v) is 1.72. The number of rotatable bonds is 4. The van der Waals surface area contributed by atoms with Crippen molar-refractivity contribution in [1.82, 2.24) is 15.4 Å². The molecule has 0 aliphatic heterocycles. The minimum absolute atomic E-state index is 0.0757. The van der Waals surface area contributed by atoms with Crippen LogP contribution in [0.25, 0.3) is 0 Å². The average Bonchev–Trinajstić information content (AvgIpc) is 2.53. The zero-order valence-electron chi connectivity index (χ0n) is 15.3. The summed E-state index contributed by atoms with van der Waals surface area (Å²) in [4.78, 5) is 28.0. The highest BCUT2D eigenvalue weighted by Crippen LogP contribution is 2.08. The number of hydrogen-bond acceptors (Lipinski definition) is 5. The Morgan fingerprint density at radius 2 is 1.77 bits per heavy atom. The quantitative estimate of drug-likeness (QED) is 0.822. The van der Waals surface area contributed by atoms with Crippen LogP contribution in [0.15, 0.2) is 42.7 Å². The lowest BCUT2D eigenvalue weighted by Gasteiger charge is -2.24. The minimum atomic E-state index is -0.850. The van der Waals surface area contributed by atoms with Crippen LogP contribution in [-0.2, 0) is 16.0 Å². The molecule has 2 amide bonds. The van der Waals surface area contributed by atoms with E-state index in [2.05, 4.69) is 10.4 Å². The van der Waals surface area contributed by atoms with Gasteiger partial charge < -0.3 is 9.47 Å². The monoisotopic (exact) mass is 365 g/mol. The largest absolute Gasteiger partial charge is 0.446 e. The van der Waals surface area contributed by atoms with Crippen LogP contribution in [0.4, 0.5) is 14.0 Å². The normalized spacial score (nSPS) is 10.1. The van der Waals surface area contributed by atoms with E-state index in [-0.39, 0.29) is 18.2 Å². The van der Waals surface area contributed by atoms with E-state index in [1.54, 1.807) is 45.9 Å². The number of carbonyl (C=O) groups excluding carboxylic acids is 2. The van der Waals surface area contributed by atoms with E-state index in [4.69, 9.17) is 9.47 Å². The van der Waals surface area contributed by atoms with Crippen molar-refractivity contribution in [2.45, 2.75) is 46.4 Å². The van der Waals surface area contributed by atoms with E-state index in [1.165, 1.54) is 24.5 Å². The third-order valence-electron chi connectivity index (χ3n) is 2.74. The fraction of sp³-hybridized carbons (Fsp3) is 0.389. The van der Waals surface area contributed by atoms with Crippen LogP contribution in [0.3, 0.4) is 0 Å². The number of hydrazine groups is 1. The average molecular weight is 365 g/mol. The Morgan fingerprint density at radius 3 is 2.42 bits per heavy atom. The fourth-order valence-electron chi connectivity index (χ4n) is 1.72. The maximum Gasteiger partial charge on any atom is 0.429 e. The molecule has 142 valence electrons. The number of nitrogens with zero attached hydrogens (tertiary/aromatic N) is 2. The summed E-state index contributed by atoms with van der Waals surface area (Å²) in [6, 6.07) is 7.75. The number of aromatic nitrogens is 1. The highest BCUT2D eigenvalue weighted by molar-refractivity contribution is 5.74.